The molecule has 33 heavy (non-hydrogen) atoms. The molecule has 0 spiro atoms. The van der Waals surface area contributed by atoms with E-state index in [2.05, 4.69) is 24.4 Å². The Morgan fingerprint density at radius 3 is 2.21 bits per heavy atom. The summed E-state index contributed by atoms with van der Waals surface area (Å²) in [4.78, 5) is 12.2. The van der Waals surface area contributed by atoms with Crippen LogP contribution in [0.2, 0.25) is 5.02 Å². The topological polar surface area (TPSA) is 89.4 Å². The minimum atomic E-state index is -0.475. The number of ether oxygens (including phenoxy) is 3. The van der Waals surface area contributed by atoms with Crippen molar-refractivity contribution >= 4 is 23.7 Å². The monoisotopic (exact) mass is 468 g/mol. The van der Waals surface area contributed by atoms with Crippen LogP contribution in [0.15, 0.2) is 59.7 Å². The summed E-state index contributed by atoms with van der Waals surface area (Å²) < 4.78 is 17.0. The van der Waals surface area contributed by atoms with Gasteiger partial charge in [-0.2, -0.15) is 5.10 Å². The molecule has 0 aromatic heterocycles. The van der Waals surface area contributed by atoms with E-state index < -0.39 is 5.91 Å². The molecular weight excluding hydrogens is 444 g/mol. The van der Waals surface area contributed by atoms with Gasteiger partial charge in [-0.25, -0.2) is 5.43 Å². The van der Waals surface area contributed by atoms with Gasteiger partial charge in [0.2, 0.25) is 5.75 Å². The minimum absolute atomic E-state index is 0.0792. The van der Waals surface area contributed by atoms with Gasteiger partial charge in [0.05, 0.1) is 25.5 Å². The number of nitrogens with one attached hydrogen (secondary N) is 1. The number of nitrogens with zero attached hydrogens (tertiary/aromatic N) is 1. The molecule has 2 N–H and O–H groups in total. The minimum Gasteiger partial charge on any atom is -0.506 e. The average molecular weight is 469 g/mol. The molecule has 0 aliphatic carbocycles. The third-order valence-electron chi connectivity index (χ3n) is 4.84. The maximum Gasteiger partial charge on any atom is 0.271 e. The number of halogens is 1. The van der Waals surface area contributed by atoms with Crippen molar-refractivity contribution in [1.29, 1.82) is 0 Å². The Bertz CT molecular complexity index is 1130. The normalized spacial score (nSPS) is 11.0. The highest BCUT2D eigenvalue weighted by atomic mass is 35.5. The van der Waals surface area contributed by atoms with Crippen LogP contribution in [0, 0.1) is 0 Å². The predicted octanol–water partition coefficient (Wildman–Crippen LogP) is 5.74. The Kier molecular flexibility index (Phi) is 7.79. The van der Waals surface area contributed by atoms with Gasteiger partial charge >= 0.3 is 0 Å². The molecule has 0 heterocycles. The molecule has 0 saturated heterocycles. The zero-order valence-corrected chi connectivity index (χ0v) is 19.5. The summed E-state index contributed by atoms with van der Waals surface area (Å²) in [7, 11) is 3.06. The number of methoxy groups -OCH3 is 2. The maximum absolute atomic E-state index is 12.2. The lowest BCUT2D eigenvalue weighted by Gasteiger charge is -2.15. The highest BCUT2D eigenvalue weighted by molar-refractivity contribution is 6.32. The van der Waals surface area contributed by atoms with Crippen LogP contribution in [0.3, 0.4) is 0 Å². The molecule has 172 valence electrons. The zero-order chi connectivity index (χ0) is 24.0. The van der Waals surface area contributed by atoms with Crippen molar-refractivity contribution in [2.45, 2.75) is 19.8 Å². The number of phenols is 1. The van der Waals surface area contributed by atoms with Gasteiger partial charge < -0.3 is 19.3 Å². The van der Waals surface area contributed by atoms with Gasteiger partial charge in [0.1, 0.15) is 11.5 Å². The average Bonchev–Trinajstić information content (AvgIpc) is 2.81. The van der Waals surface area contributed by atoms with Crippen LogP contribution in [-0.2, 0) is 0 Å². The van der Waals surface area contributed by atoms with Crippen LogP contribution >= 0.6 is 11.6 Å². The Hall–Kier alpha value is -3.71. The molecule has 0 aliphatic heterocycles. The summed E-state index contributed by atoms with van der Waals surface area (Å²) >= 11 is 5.84. The van der Waals surface area contributed by atoms with Crippen molar-refractivity contribution in [3.63, 3.8) is 0 Å². The molecule has 0 atom stereocenters. The quantitative estimate of drug-likeness (QED) is 0.325. The fraction of sp³-hybridized carbons (Fsp3) is 0.200. The lowest BCUT2D eigenvalue weighted by atomic mass is 10.0. The van der Waals surface area contributed by atoms with Crippen molar-refractivity contribution in [3.05, 3.63) is 76.3 Å². The fourth-order valence-electron chi connectivity index (χ4n) is 2.99. The zero-order valence-electron chi connectivity index (χ0n) is 18.8. The fourth-order valence-corrected chi connectivity index (χ4v) is 3.17. The lowest BCUT2D eigenvalue weighted by molar-refractivity contribution is 0.0955. The van der Waals surface area contributed by atoms with Gasteiger partial charge in [-0.05, 0) is 53.9 Å². The smallest absolute Gasteiger partial charge is 0.271 e. The molecular formula is C25H25ClN2O5. The van der Waals surface area contributed by atoms with Crippen LogP contribution in [-0.4, -0.2) is 31.4 Å². The van der Waals surface area contributed by atoms with Crippen LogP contribution in [0.4, 0.5) is 0 Å². The highest BCUT2D eigenvalue weighted by Crippen LogP contribution is 2.41. The van der Waals surface area contributed by atoms with Crippen molar-refractivity contribution < 1.29 is 24.1 Å². The van der Waals surface area contributed by atoms with Crippen molar-refractivity contribution in [2.24, 2.45) is 5.10 Å². The third-order valence-corrected chi connectivity index (χ3v) is 5.14. The van der Waals surface area contributed by atoms with Gasteiger partial charge in [-0.1, -0.05) is 37.6 Å². The Labute approximate surface area is 197 Å². The molecule has 3 rings (SSSR count). The second-order valence-electron chi connectivity index (χ2n) is 7.45. The maximum atomic E-state index is 12.2. The molecule has 0 radical (unpaired) electrons. The molecule has 7 nitrogen and oxygen atoms in total. The number of hydrogen-bond acceptors (Lipinski definition) is 6. The first-order valence-corrected chi connectivity index (χ1v) is 10.6. The second kappa shape index (κ2) is 10.7. The summed E-state index contributed by atoms with van der Waals surface area (Å²) in [5.41, 5.74) is 4.51. The van der Waals surface area contributed by atoms with E-state index in [1.54, 1.807) is 12.1 Å². The number of aromatic hydroxyl groups is 1. The summed E-state index contributed by atoms with van der Waals surface area (Å²) in [6.45, 7) is 4.26. The Morgan fingerprint density at radius 1 is 1.03 bits per heavy atom. The Morgan fingerprint density at radius 2 is 1.67 bits per heavy atom. The number of benzene rings is 3. The van der Waals surface area contributed by atoms with Crippen molar-refractivity contribution in [3.8, 4) is 28.7 Å². The van der Waals surface area contributed by atoms with E-state index in [0.717, 1.165) is 0 Å². The molecule has 0 unspecified atom stereocenters. The summed E-state index contributed by atoms with van der Waals surface area (Å²) in [5, 5.41) is 13.5. The van der Waals surface area contributed by atoms with Gasteiger partial charge in [0, 0.05) is 11.1 Å². The summed E-state index contributed by atoms with van der Waals surface area (Å²) in [6.07, 6.45) is 1.45. The summed E-state index contributed by atoms with van der Waals surface area (Å²) in [6, 6.07) is 15.4. The number of hydrogen-bond donors (Lipinski definition) is 2. The largest absolute Gasteiger partial charge is 0.506 e. The van der Waals surface area contributed by atoms with E-state index in [1.165, 1.54) is 44.2 Å². The molecule has 0 fully saturated rings. The Balaban J connectivity index is 1.78. The van der Waals surface area contributed by atoms with Crippen molar-refractivity contribution in [1.82, 2.24) is 5.43 Å². The SMILES string of the molecule is COc1cc(C=NNC(=O)c2ccc(O)c(Cl)c2)cc(OC)c1Oc1ccc(C(C)C)cc1. The number of carbonyl (C=O) groups excluding carboxylic acids is 1. The van der Waals surface area contributed by atoms with E-state index in [1.807, 2.05) is 24.3 Å². The molecule has 1 amide bonds. The molecule has 0 bridgehead atoms. The van der Waals surface area contributed by atoms with Crippen LogP contribution in [0.25, 0.3) is 0 Å². The number of hydrazone groups is 1. The van der Waals surface area contributed by atoms with Gasteiger partial charge in [0.15, 0.2) is 11.5 Å². The van der Waals surface area contributed by atoms with Crippen molar-refractivity contribution in [2.75, 3.05) is 14.2 Å². The molecule has 8 heteroatoms. The predicted molar refractivity (Wildman–Crippen MR) is 128 cm³/mol. The molecule has 3 aromatic carbocycles. The highest BCUT2D eigenvalue weighted by Gasteiger charge is 2.15. The van der Waals surface area contributed by atoms with Gasteiger partial charge in [-0.15, -0.1) is 0 Å². The van der Waals surface area contributed by atoms with Gasteiger partial charge in [-0.3, -0.25) is 4.79 Å². The van der Waals surface area contributed by atoms with Crippen LogP contribution in [0.1, 0.15) is 41.3 Å². The van der Waals surface area contributed by atoms with Crippen LogP contribution in [0.5, 0.6) is 28.7 Å². The molecule has 3 aromatic rings. The number of carbonyl (C=O) groups is 1. The first-order chi connectivity index (χ1) is 15.8. The van der Waals surface area contributed by atoms with Gasteiger partial charge in [0.25, 0.3) is 5.91 Å². The van der Waals surface area contributed by atoms with E-state index >= 15 is 0 Å². The second-order valence-corrected chi connectivity index (χ2v) is 7.85. The van der Waals surface area contributed by atoms with E-state index in [-0.39, 0.29) is 16.3 Å². The first kappa shape index (κ1) is 23.9. The van der Waals surface area contributed by atoms with E-state index in [9.17, 15) is 9.90 Å². The first-order valence-electron chi connectivity index (χ1n) is 10.2. The lowest BCUT2D eigenvalue weighted by Crippen LogP contribution is -2.17. The van der Waals surface area contributed by atoms with E-state index in [0.29, 0.717) is 34.5 Å². The van der Waals surface area contributed by atoms with Crippen LogP contribution < -0.4 is 19.6 Å². The number of phenolic OH excluding ortho intramolecular Hbond substituents is 1. The number of rotatable bonds is 8. The summed E-state index contributed by atoms with van der Waals surface area (Å²) in [5.74, 6) is 1.81. The standard InChI is InChI=1S/C25H25ClN2O5/c1-15(2)17-5-8-19(9-6-17)33-24-22(31-3)11-16(12-23(24)32-4)14-27-28-25(30)18-7-10-21(29)20(26)13-18/h5-15,29H,1-4H3,(H,28,30). The van der Waals surface area contributed by atoms with E-state index in [4.69, 9.17) is 25.8 Å². The molecule has 0 saturated carbocycles. The third kappa shape index (κ3) is 5.96. The number of amides is 1. The molecule has 0 aliphatic rings.